The van der Waals surface area contributed by atoms with Crippen molar-refractivity contribution in [1.29, 1.82) is 0 Å². The van der Waals surface area contributed by atoms with Gasteiger partial charge in [-0.05, 0) is 45.7 Å². The summed E-state index contributed by atoms with van der Waals surface area (Å²) in [5.74, 6) is -0.597. The Morgan fingerprint density at radius 1 is 1.08 bits per heavy atom. The van der Waals surface area contributed by atoms with E-state index in [4.69, 9.17) is 4.74 Å². The van der Waals surface area contributed by atoms with Gasteiger partial charge in [0, 0.05) is 12.1 Å². The highest BCUT2D eigenvalue weighted by atomic mass is 16.6. The van der Waals surface area contributed by atoms with E-state index in [-0.39, 0.29) is 5.78 Å². The van der Waals surface area contributed by atoms with Gasteiger partial charge in [0.2, 0.25) is 0 Å². The number of Topliss-reactive ketones (excluding diaryl/α,β-unsaturated/α-hetero) is 1. The monoisotopic (exact) mass is 333 g/mol. The first-order valence-electron chi connectivity index (χ1n) is 7.95. The molecule has 0 saturated carbocycles. The van der Waals surface area contributed by atoms with Crippen LogP contribution in [0.25, 0.3) is 0 Å². The Kier molecular flexibility index (Phi) is 5.26. The van der Waals surface area contributed by atoms with Gasteiger partial charge in [-0.25, -0.2) is 9.59 Å². The molecule has 0 spiro atoms. The van der Waals surface area contributed by atoms with Crippen molar-refractivity contribution in [3.63, 3.8) is 0 Å². The standard InChI is InChI=1S/C18H23NO5/c1-18(2,3)24-17(22)19-11-5-6-14(19)15(20)12-7-9-13(10-8-12)16(21)23-4/h7-10,14H,5-6,11H2,1-4H3. The number of carbonyl (C=O) groups excluding carboxylic acids is 3. The molecule has 0 radical (unpaired) electrons. The Bertz CT molecular complexity index is 630. The maximum Gasteiger partial charge on any atom is 0.410 e. The van der Waals surface area contributed by atoms with Gasteiger partial charge < -0.3 is 9.47 Å². The Morgan fingerprint density at radius 3 is 2.21 bits per heavy atom. The first-order chi connectivity index (χ1) is 11.2. The second-order valence-corrected chi connectivity index (χ2v) is 6.76. The summed E-state index contributed by atoms with van der Waals surface area (Å²) < 4.78 is 10.0. The Labute approximate surface area is 141 Å². The minimum atomic E-state index is -0.602. The summed E-state index contributed by atoms with van der Waals surface area (Å²) in [6, 6.07) is 5.74. The lowest BCUT2D eigenvalue weighted by molar-refractivity contribution is 0.0222. The fourth-order valence-corrected chi connectivity index (χ4v) is 2.66. The van der Waals surface area contributed by atoms with E-state index < -0.39 is 23.7 Å². The summed E-state index contributed by atoms with van der Waals surface area (Å²) >= 11 is 0. The summed E-state index contributed by atoms with van der Waals surface area (Å²) in [6.45, 7) is 5.89. The maximum absolute atomic E-state index is 12.7. The van der Waals surface area contributed by atoms with Crippen molar-refractivity contribution in [2.75, 3.05) is 13.7 Å². The van der Waals surface area contributed by atoms with Crippen molar-refractivity contribution in [1.82, 2.24) is 4.90 Å². The molecular formula is C18H23NO5. The molecule has 130 valence electrons. The van der Waals surface area contributed by atoms with E-state index in [9.17, 15) is 14.4 Å². The van der Waals surface area contributed by atoms with Gasteiger partial charge in [-0.2, -0.15) is 0 Å². The first kappa shape index (κ1) is 18.0. The molecule has 1 aliphatic rings. The van der Waals surface area contributed by atoms with Crippen molar-refractivity contribution in [2.45, 2.75) is 45.3 Å². The molecule has 0 aromatic heterocycles. The van der Waals surface area contributed by atoms with Crippen LogP contribution in [-0.4, -0.2) is 48.0 Å². The predicted molar refractivity (Wildman–Crippen MR) is 88.1 cm³/mol. The first-order valence-corrected chi connectivity index (χ1v) is 7.95. The normalized spacial score (nSPS) is 17.5. The summed E-state index contributed by atoms with van der Waals surface area (Å²) in [6.07, 6.45) is 0.900. The lowest BCUT2D eigenvalue weighted by Gasteiger charge is -2.28. The molecule has 0 bridgehead atoms. The number of methoxy groups -OCH3 is 1. The van der Waals surface area contributed by atoms with Gasteiger partial charge in [0.25, 0.3) is 0 Å². The molecule has 1 fully saturated rings. The van der Waals surface area contributed by atoms with Gasteiger partial charge in [-0.3, -0.25) is 9.69 Å². The number of esters is 1. The third-order valence-electron chi connectivity index (χ3n) is 3.77. The van der Waals surface area contributed by atoms with Gasteiger partial charge in [-0.1, -0.05) is 12.1 Å². The number of amides is 1. The Hall–Kier alpha value is -2.37. The average molecular weight is 333 g/mol. The molecule has 0 aliphatic carbocycles. The minimum Gasteiger partial charge on any atom is -0.465 e. The van der Waals surface area contributed by atoms with E-state index in [1.807, 2.05) is 0 Å². The number of hydrogen-bond acceptors (Lipinski definition) is 5. The SMILES string of the molecule is COC(=O)c1ccc(C(=O)C2CCCN2C(=O)OC(C)(C)C)cc1. The predicted octanol–water partition coefficient (Wildman–Crippen LogP) is 3.06. The number of benzene rings is 1. The van der Waals surface area contributed by atoms with Gasteiger partial charge in [0.15, 0.2) is 5.78 Å². The molecule has 2 rings (SSSR count). The molecular weight excluding hydrogens is 310 g/mol. The third-order valence-corrected chi connectivity index (χ3v) is 3.77. The van der Waals surface area contributed by atoms with Crippen molar-refractivity contribution < 1.29 is 23.9 Å². The summed E-state index contributed by atoms with van der Waals surface area (Å²) in [7, 11) is 1.30. The van der Waals surface area contributed by atoms with Gasteiger partial charge in [0.05, 0.1) is 18.7 Å². The Balaban J connectivity index is 2.13. The second-order valence-electron chi connectivity index (χ2n) is 6.76. The van der Waals surface area contributed by atoms with Crippen LogP contribution in [0.1, 0.15) is 54.3 Å². The van der Waals surface area contributed by atoms with Gasteiger partial charge >= 0.3 is 12.1 Å². The van der Waals surface area contributed by atoms with Crippen LogP contribution >= 0.6 is 0 Å². The van der Waals surface area contributed by atoms with Gasteiger partial charge in [0.1, 0.15) is 5.60 Å². The lowest BCUT2D eigenvalue weighted by Crippen LogP contribution is -2.43. The summed E-state index contributed by atoms with van der Waals surface area (Å²) in [5.41, 5.74) is 0.239. The number of carbonyl (C=O) groups is 3. The number of ether oxygens (including phenoxy) is 2. The fourth-order valence-electron chi connectivity index (χ4n) is 2.66. The largest absolute Gasteiger partial charge is 0.465 e. The van der Waals surface area contributed by atoms with Crippen LogP contribution in [0.4, 0.5) is 4.79 Å². The summed E-state index contributed by atoms with van der Waals surface area (Å²) in [4.78, 5) is 37.9. The smallest absolute Gasteiger partial charge is 0.410 e. The van der Waals surface area contributed by atoms with Crippen LogP contribution in [0.15, 0.2) is 24.3 Å². The highest BCUT2D eigenvalue weighted by Crippen LogP contribution is 2.24. The van der Waals surface area contributed by atoms with E-state index >= 15 is 0 Å². The van der Waals surface area contributed by atoms with Crippen LogP contribution < -0.4 is 0 Å². The molecule has 1 unspecified atom stereocenters. The van der Waals surface area contributed by atoms with Crippen molar-refractivity contribution >= 4 is 17.8 Å². The number of likely N-dealkylation sites (tertiary alicyclic amines) is 1. The molecule has 6 heteroatoms. The van der Waals surface area contributed by atoms with Crippen LogP contribution in [0.3, 0.4) is 0 Å². The molecule has 0 N–H and O–H groups in total. The van der Waals surface area contributed by atoms with Crippen LogP contribution in [0.2, 0.25) is 0 Å². The summed E-state index contributed by atoms with van der Waals surface area (Å²) in [5, 5.41) is 0. The zero-order chi connectivity index (χ0) is 17.9. The number of nitrogens with zero attached hydrogens (tertiary/aromatic N) is 1. The molecule has 24 heavy (non-hydrogen) atoms. The van der Waals surface area contributed by atoms with Crippen LogP contribution in [-0.2, 0) is 9.47 Å². The zero-order valence-electron chi connectivity index (χ0n) is 14.5. The molecule has 1 saturated heterocycles. The zero-order valence-corrected chi connectivity index (χ0v) is 14.5. The fraction of sp³-hybridized carbons (Fsp3) is 0.500. The van der Waals surface area contributed by atoms with E-state index in [0.717, 1.165) is 6.42 Å². The lowest BCUT2D eigenvalue weighted by atomic mass is 10.0. The molecule has 1 amide bonds. The van der Waals surface area contributed by atoms with E-state index in [1.165, 1.54) is 12.0 Å². The quantitative estimate of drug-likeness (QED) is 0.628. The molecule has 1 aromatic carbocycles. The highest BCUT2D eigenvalue weighted by molar-refractivity contribution is 6.02. The topological polar surface area (TPSA) is 72.9 Å². The van der Waals surface area contributed by atoms with Crippen molar-refractivity contribution in [3.05, 3.63) is 35.4 Å². The molecule has 6 nitrogen and oxygen atoms in total. The average Bonchev–Trinajstić information content (AvgIpc) is 3.01. The number of ketones is 1. The Morgan fingerprint density at radius 2 is 1.67 bits per heavy atom. The number of rotatable bonds is 3. The van der Waals surface area contributed by atoms with E-state index in [1.54, 1.807) is 45.0 Å². The minimum absolute atomic E-state index is 0.144. The molecule has 1 atom stereocenters. The van der Waals surface area contributed by atoms with Crippen molar-refractivity contribution in [3.8, 4) is 0 Å². The van der Waals surface area contributed by atoms with Crippen LogP contribution in [0, 0.1) is 0 Å². The van der Waals surface area contributed by atoms with E-state index in [2.05, 4.69) is 4.74 Å². The molecule has 1 aliphatic heterocycles. The number of hydrogen-bond donors (Lipinski definition) is 0. The molecule has 1 aromatic rings. The van der Waals surface area contributed by atoms with Gasteiger partial charge in [-0.15, -0.1) is 0 Å². The molecule has 1 heterocycles. The maximum atomic E-state index is 12.7. The van der Waals surface area contributed by atoms with E-state index in [0.29, 0.717) is 24.1 Å². The van der Waals surface area contributed by atoms with Crippen LogP contribution in [0.5, 0.6) is 0 Å². The second kappa shape index (κ2) is 7.03. The third kappa shape index (κ3) is 4.13. The highest BCUT2D eigenvalue weighted by Gasteiger charge is 2.36. The van der Waals surface area contributed by atoms with Crippen molar-refractivity contribution in [2.24, 2.45) is 0 Å².